The molecule has 5 aromatic rings. The number of nitrogens with one attached hydrogen (secondary N) is 2. The van der Waals surface area contributed by atoms with Crippen molar-refractivity contribution in [1.82, 2.24) is 14.8 Å². The fourth-order valence-corrected chi connectivity index (χ4v) is 9.29. The van der Waals surface area contributed by atoms with Gasteiger partial charge in [-0.15, -0.1) is 0 Å². The molecular formula is C50H68BrN10O4PS3. The fraction of sp³-hybridized carbons (Fsp3) is 0.380. The Morgan fingerprint density at radius 1 is 0.783 bits per heavy atom. The average molecular weight is 1080 g/mol. The number of thiocarbonyl (C=S) groups is 1. The second-order valence-corrected chi connectivity index (χ2v) is 19.6. The predicted octanol–water partition coefficient (Wildman–Crippen LogP) is 9.55. The van der Waals surface area contributed by atoms with E-state index in [9.17, 15) is 9.59 Å². The zero-order chi connectivity index (χ0) is 49.2. The van der Waals surface area contributed by atoms with Crippen LogP contribution >= 0.6 is 61.1 Å². The molecule has 0 amide bonds. The lowest BCUT2D eigenvalue weighted by molar-refractivity contribution is 0.102. The van der Waals surface area contributed by atoms with Gasteiger partial charge in [-0.25, -0.2) is 4.98 Å². The maximum absolute atomic E-state index is 12.9. The molecule has 372 valence electrons. The van der Waals surface area contributed by atoms with Crippen LogP contribution in [0.1, 0.15) is 60.2 Å². The first-order valence-electron chi connectivity index (χ1n) is 22.6. The van der Waals surface area contributed by atoms with Gasteiger partial charge in [0.25, 0.3) is 0 Å². The molecule has 2 fully saturated rings. The quantitative estimate of drug-likeness (QED) is 0.0207. The van der Waals surface area contributed by atoms with E-state index in [-0.39, 0.29) is 27.3 Å². The third-order valence-corrected chi connectivity index (χ3v) is 13.6. The number of nitrogens with zero attached hydrogens (tertiary/aromatic N) is 6. The number of hydrogen-bond donors (Lipinski definition) is 4. The van der Waals surface area contributed by atoms with Gasteiger partial charge in [-0.05, 0) is 118 Å². The molecule has 2 saturated heterocycles. The highest BCUT2D eigenvalue weighted by atomic mass is 79.9. The van der Waals surface area contributed by atoms with Crippen molar-refractivity contribution in [3.8, 4) is 11.5 Å². The number of nitrogen functional groups attached to an aromatic ring is 1. The number of methoxy groups -OCH3 is 2. The van der Waals surface area contributed by atoms with Gasteiger partial charge in [0.05, 0.1) is 19.5 Å². The lowest BCUT2D eigenvalue weighted by Gasteiger charge is -2.38. The summed E-state index contributed by atoms with van der Waals surface area (Å²) in [6.07, 6.45) is 0. The topological polar surface area (TPSA) is 167 Å². The molecule has 0 aliphatic carbocycles. The van der Waals surface area contributed by atoms with Gasteiger partial charge in [0.15, 0.2) is 21.2 Å². The summed E-state index contributed by atoms with van der Waals surface area (Å²) in [5.41, 5.74) is 17.3. The molecule has 1 atom stereocenters. The summed E-state index contributed by atoms with van der Waals surface area (Å²) >= 11 is 11.1. The zero-order valence-electron chi connectivity index (χ0n) is 40.7. The zero-order valence-corrected chi connectivity index (χ0v) is 46.2. The molecule has 1 unspecified atom stereocenters. The van der Waals surface area contributed by atoms with Crippen LogP contribution in [0, 0.1) is 0 Å². The van der Waals surface area contributed by atoms with E-state index in [0.717, 1.165) is 69.5 Å². The van der Waals surface area contributed by atoms with Crippen LogP contribution in [0.2, 0.25) is 0 Å². The number of hydrogen-bond acceptors (Lipinski definition) is 14. The van der Waals surface area contributed by atoms with Crippen molar-refractivity contribution >= 4 is 117 Å². The number of rotatable bonds is 14. The van der Waals surface area contributed by atoms with Crippen molar-refractivity contribution in [2.75, 3.05) is 104 Å². The molecule has 0 radical (unpaired) electrons. The fourth-order valence-electron chi connectivity index (χ4n) is 7.38. The number of ketones is 2. The predicted molar refractivity (Wildman–Crippen MR) is 305 cm³/mol. The van der Waals surface area contributed by atoms with Gasteiger partial charge < -0.3 is 41.4 Å². The molecule has 69 heavy (non-hydrogen) atoms. The Morgan fingerprint density at radius 2 is 1.26 bits per heavy atom. The summed E-state index contributed by atoms with van der Waals surface area (Å²) < 4.78 is 10.2. The van der Waals surface area contributed by atoms with Crippen molar-refractivity contribution in [3.05, 3.63) is 113 Å². The monoisotopic (exact) mass is 1080 g/mol. The molecular weight excluding hydrogens is 1010 g/mol. The Morgan fingerprint density at radius 3 is 1.72 bits per heavy atom. The van der Waals surface area contributed by atoms with Crippen molar-refractivity contribution in [3.63, 3.8) is 0 Å². The number of carbonyl (C=O) groups excluding carboxylic acids is 2. The molecule has 4 aromatic carbocycles. The summed E-state index contributed by atoms with van der Waals surface area (Å²) in [4.78, 5) is 42.8. The van der Waals surface area contributed by atoms with Gasteiger partial charge in [-0.3, -0.25) is 19.4 Å². The van der Waals surface area contributed by atoms with Crippen molar-refractivity contribution in [2.45, 2.75) is 46.7 Å². The van der Waals surface area contributed by atoms with Crippen LogP contribution in [0.3, 0.4) is 0 Å². The Bertz CT molecular complexity index is 2430. The van der Waals surface area contributed by atoms with E-state index >= 15 is 0 Å². The standard InChI is InChI=1S/C24H29N5O2S.C17H27N5S2.C9H9BrO2.H3P/c1-16(2)28-11-13-29(14-12-28)19-9-7-18(8-10-19)26-24-27-23(25)22(32-24)21(30)17-5-4-6-20(15-17)31-3;1-4-24-16(18)20-17(23)19-14-5-7-15(8-6-14)22-11-9-21(10-12-22)13(2)3;1-12-8-4-2-3-7(5-8)9(11)6-10;/h4-10,15-16H,11-14,25H2,1-3H3,(H,26,27);5-8,13H,4,9-12H2,1-3H3,(H3,18,19,20,23);2-5H,6H2,1H3;1H3. The molecule has 1 aromatic heterocycles. The van der Waals surface area contributed by atoms with E-state index in [2.05, 4.69) is 108 Å². The number of benzene rings is 4. The molecule has 14 nitrogen and oxygen atoms in total. The first kappa shape index (κ1) is 56.8. The van der Waals surface area contributed by atoms with E-state index < -0.39 is 0 Å². The van der Waals surface area contributed by atoms with Gasteiger partial charge in [0.2, 0.25) is 5.78 Å². The molecule has 2 aliphatic rings. The van der Waals surface area contributed by atoms with Crippen LogP contribution in [-0.2, 0) is 0 Å². The number of anilines is 6. The summed E-state index contributed by atoms with van der Waals surface area (Å²) in [6, 6.07) is 32.0. The number of nitrogens with two attached hydrogens (primary N) is 2. The van der Waals surface area contributed by atoms with Crippen LogP contribution in [0.4, 0.5) is 33.7 Å². The summed E-state index contributed by atoms with van der Waals surface area (Å²) in [5.74, 6) is 2.35. The molecule has 0 bridgehead atoms. The Balaban J connectivity index is 0.000000247. The third kappa shape index (κ3) is 17.5. The molecule has 0 saturated carbocycles. The Labute approximate surface area is 433 Å². The SMILES string of the molecule is CCSC(N)=NC(=S)Nc1ccc(N2CCN(C(C)C)CC2)cc1.COc1cccc(C(=O)CBr)c1.COc1cccc(C(=O)c2sc(Nc3ccc(N4CCN(C(C)C)CC4)cc3)nc2N)c1.P. The number of aromatic nitrogens is 1. The van der Waals surface area contributed by atoms with E-state index in [1.54, 1.807) is 56.7 Å². The number of aliphatic imine (C=N–C) groups is 1. The van der Waals surface area contributed by atoms with E-state index in [4.69, 9.17) is 33.2 Å². The first-order chi connectivity index (χ1) is 32.7. The van der Waals surface area contributed by atoms with Gasteiger partial charge in [0, 0.05) is 98.3 Å². The molecule has 2 aliphatic heterocycles. The van der Waals surface area contributed by atoms with Crippen LogP contribution in [0.25, 0.3) is 0 Å². The van der Waals surface area contributed by atoms with E-state index in [1.807, 2.05) is 37.3 Å². The maximum Gasteiger partial charge on any atom is 0.206 e. The van der Waals surface area contributed by atoms with Crippen LogP contribution in [0.15, 0.2) is 102 Å². The number of halogens is 1. The highest BCUT2D eigenvalue weighted by Gasteiger charge is 2.22. The van der Waals surface area contributed by atoms with Crippen molar-refractivity contribution in [2.24, 2.45) is 10.7 Å². The van der Waals surface area contributed by atoms with Gasteiger partial charge >= 0.3 is 0 Å². The number of Topliss-reactive ketones (excluding diaryl/α,β-unsaturated/α-hetero) is 1. The number of piperazine rings is 2. The maximum atomic E-state index is 12.9. The second kappa shape index (κ2) is 28.8. The number of ether oxygens (including phenoxy) is 2. The number of thioether (sulfide) groups is 1. The van der Waals surface area contributed by atoms with Crippen LogP contribution in [0.5, 0.6) is 11.5 Å². The third-order valence-electron chi connectivity index (χ3n) is 11.3. The number of carbonyl (C=O) groups is 2. The number of amidine groups is 1. The van der Waals surface area contributed by atoms with E-state index in [1.165, 1.54) is 34.5 Å². The van der Waals surface area contributed by atoms with Crippen molar-refractivity contribution < 1.29 is 19.1 Å². The minimum atomic E-state index is -0.164. The molecule has 3 heterocycles. The number of alkyl halides is 1. The van der Waals surface area contributed by atoms with E-state index in [0.29, 0.717) is 60.3 Å². The highest BCUT2D eigenvalue weighted by Crippen LogP contribution is 2.31. The lowest BCUT2D eigenvalue weighted by atomic mass is 10.1. The molecule has 19 heteroatoms. The largest absolute Gasteiger partial charge is 0.497 e. The van der Waals surface area contributed by atoms with Crippen LogP contribution in [-0.4, -0.2) is 126 Å². The first-order valence-corrected chi connectivity index (χ1v) is 26.0. The number of thiazole rings is 1. The summed E-state index contributed by atoms with van der Waals surface area (Å²) in [5, 5.41) is 8.20. The summed E-state index contributed by atoms with van der Waals surface area (Å²) in [6.45, 7) is 19.6. The van der Waals surface area contributed by atoms with Gasteiger partial charge in [-0.1, -0.05) is 70.2 Å². The Kier molecular flexibility index (Phi) is 23.7. The summed E-state index contributed by atoms with van der Waals surface area (Å²) in [7, 11) is 3.15. The average Bonchev–Trinajstić information content (AvgIpc) is 3.73. The molecule has 7 rings (SSSR count). The smallest absolute Gasteiger partial charge is 0.206 e. The minimum absolute atomic E-state index is 0. The van der Waals surface area contributed by atoms with Gasteiger partial charge in [-0.2, -0.15) is 14.9 Å². The molecule has 6 N–H and O–H groups in total. The molecule has 0 spiro atoms. The normalized spacial score (nSPS) is 14.1. The van der Waals surface area contributed by atoms with Crippen molar-refractivity contribution in [1.29, 1.82) is 0 Å². The van der Waals surface area contributed by atoms with Crippen LogP contribution < -0.4 is 41.4 Å². The highest BCUT2D eigenvalue weighted by molar-refractivity contribution is 9.09. The lowest BCUT2D eigenvalue weighted by Crippen LogP contribution is -2.48. The second-order valence-electron chi connectivity index (χ2n) is 16.3. The minimum Gasteiger partial charge on any atom is -0.497 e. The van der Waals surface area contributed by atoms with Gasteiger partial charge in [0.1, 0.15) is 22.2 Å². The Hall–Kier alpha value is -4.81.